The monoisotopic (exact) mass is 454 g/mol. The van der Waals surface area contributed by atoms with Gasteiger partial charge in [-0.15, -0.1) is 0 Å². The second-order valence-corrected chi connectivity index (χ2v) is 10.4. The van der Waals surface area contributed by atoms with Gasteiger partial charge in [0.1, 0.15) is 5.54 Å². The van der Waals surface area contributed by atoms with E-state index in [1.165, 1.54) is 27.8 Å². The molecule has 2 saturated heterocycles. The lowest BCUT2D eigenvalue weighted by atomic mass is 9.55. The maximum absolute atomic E-state index is 14.6. The Labute approximate surface area is 205 Å². The van der Waals surface area contributed by atoms with Crippen LogP contribution < -0.4 is 5.32 Å². The lowest BCUT2D eigenvalue weighted by Gasteiger charge is -2.47. The highest BCUT2D eigenvalue weighted by atomic mass is 16.2. The molecule has 0 radical (unpaired) electrons. The molecule has 3 atom stereocenters. The fraction of sp³-hybridized carbons (Fsp3) is 0.219. The molecule has 1 amide bonds. The largest absolute Gasteiger partial charge is 0.324 e. The number of hydrogen-bond donors (Lipinski definition) is 1. The van der Waals surface area contributed by atoms with Gasteiger partial charge in [-0.05, 0) is 53.3 Å². The molecule has 0 aromatic heterocycles. The van der Waals surface area contributed by atoms with Gasteiger partial charge in [0.2, 0.25) is 0 Å². The molecule has 0 bridgehead atoms. The van der Waals surface area contributed by atoms with Crippen LogP contribution in [0.1, 0.15) is 41.0 Å². The highest BCUT2D eigenvalue weighted by Gasteiger charge is 2.77. The average Bonchev–Trinajstić information content (AvgIpc) is 3.63. The second-order valence-electron chi connectivity index (χ2n) is 10.4. The maximum Gasteiger partial charge on any atom is 0.250 e. The molecule has 170 valence electrons. The van der Waals surface area contributed by atoms with Crippen molar-refractivity contribution in [2.75, 3.05) is 11.9 Å². The van der Waals surface area contributed by atoms with E-state index in [9.17, 15) is 4.79 Å². The molecule has 4 aliphatic rings. The molecule has 3 nitrogen and oxygen atoms in total. The summed E-state index contributed by atoms with van der Waals surface area (Å²) in [6, 6.07) is 37.3. The van der Waals surface area contributed by atoms with Crippen molar-refractivity contribution in [3.05, 3.63) is 125 Å². The summed E-state index contributed by atoms with van der Waals surface area (Å²) in [6.07, 6.45) is 2.22. The van der Waals surface area contributed by atoms with E-state index in [0.29, 0.717) is 0 Å². The molecule has 3 heterocycles. The van der Waals surface area contributed by atoms with Gasteiger partial charge in [-0.3, -0.25) is 9.69 Å². The van der Waals surface area contributed by atoms with Crippen LogP contribution in [0.4, 0.5) is 5.69 Å². The van der Waals surface area contributed by atoms with Crippen molar-refractivity contribution < 1.29 is 4.79 Å². The molecule has 1 N–H and O–H groups in total. The van der Waals surface area contributed by atoms with Crippen LogP contribution >= 0.6 is 0 Å². The summed E-state index contributed by atoms with van der Waals surface area (Å²) in [5.41, 5.74) is 7.19. The fourth-order valence-electron chi connectivity index (χ4n) is 8.34. The SMILES string of the molecule is O=C1Nc2ccccc2[C@]12N1CCCC1[C@H](c1ccccc1)C21c2ccccc2-c2ccccc21. The summed E-state index contributed by atoms with van der Waals surface area (Å²) in [5, 5.41) is 3.35. The zero-order valence-corrected chi connectivity index (χ0v) is 19.4. The molecular formula is C32H26N2O. The number of nitrogens with zero attached hydrogens (tertiary/aromatic N) is 1. The van der Waals surface area contributed by atoms with E-state index in [1.54, 1.807) is 0 Å². The number of amides is 1. The van der Waals surface area contributed by atoms with Crippen molar-refractivity contribution in [1.82, 2.24) is 4.90 Å². The molecule has 2 spiro atoms. The van der Waals surface area contributed by atoms with Crippen LogP contribution in [0.2, 0.25) is 0 Å². The van der Waals surface area contributed by atoms with Crippen LogP contribution in [-0.2, 0) is 15.7 Å². The molecule has 8 rings (SSSR count). The smallest absolute Gasteiger partial charge is 0.250 e. The standard InChI is InChI=1S/C32H26N2O/c35-30-32(26-17-8-9-18-27(26)33-30)31(24-15-6-4-13-22(24)23-14-5-7-16-25(23)31)29(21-11-2-1-3-12-21)28-19-10-20-34(28)32/h1-9,11-18,28-29H,10,19-20H2,(H,33,35)/t28?,29-,32-/m0/s1. The normalized spacial score (nSPS) is 27.0. The molecule has 4 aromatic carbocycles. The van der Waals surface area contributed by atoms with Crippen molar-refractivity contribution in [2.24, 2.45) is 0 Å². The van der Waals surface area contributed by atoms with Gasteiger partial charge in [0.25, 0.3) is 5.91 Å². The summed E-state index contributed by atoms with van der Waals surface area (Å²) in [4.78, 5) is 17.2. The molecule has 1 unspecified atom stereocenters. The summed E-state index contributed by atoms with van der Waals surface area (Å²) in [6.45, 7) is 0.932. The zero-order valence-electron chi connectivity index (χ0n) is 19.4. The maximum atomic E-state index is 14.6. The number of carbonyl (C=O) groups excluding carboxylic acids is 1. The van der Waals surface area contributed by atoms with Crippen LogP contribution in [-0.4, -0.2) is 23.4 Å². The molecule has 4 aromatic rings. The Morgan fingerprint density at radius 3 is 2.03 bits per heavy atom. The minimum Gasteiger partial charge on any atom is -0.324 e. The van der Waals surface area contributed by atoms with Gasteiger partial charge >= 0.3 is 0 Å². The fourth-order valence-corrected chi connectivity index (χ4v) is 8.34. The number of fused-ring (bicyclic) bond motifs is 10. The zero-order chi connectivity index (χ0) is 23.2. The average molecular weight is 455 g/mol. The molecular weight excluding hydrogens is 428 g/mol. The Hall–Kier alpha value is -3.69. The first-order valence-electron chi connectivity index (χ1n) is 12.7. The lowest BCUT2D eigenvalue weighted by molar-refractivity contribution is -0.128. The first kappa shape index (κ1) is 19.6. The number of anilines is 1. The van der Waals surface area contributed by atoms with Crippen LogP contribution in [0.3, 0.4) is 0 Å². The number of rotatable bonds is 1. The van der Waals surface area contributed by atoms with Crippen LogP contribution in [0.15, 0.2) is 103 Å². The highest BCUT2D eigenvalue weighted by Crippen LogP contribution is 2.73. The quantitative estimate of drug-likeness (QED) is 0.379. The summed E-state index contributed by atoms with van der Waals surface area (Å²) < 4.78 is 0. The third-order valence-corrected chi connectivity index (χ3v) is 9.20. The molecule has 2 fully saturated rings. The number of benzene rings is 4. The first-order chi connectivity index (χ1) is 17.3. The first-order valence-corrected chi connectivity index (χ1v) is 12.7. The van der Waals surface area contributed by atoms with Crippen molar-refractivity contribution in [3.63, 3.8) is 0 Å². The van der Waals surface area contributed by atoms with E-state index < -0.39 is 11.0 Å². The van der Waals surface area contributed by atoms with Crippen LogP contribution in [0, 0.1) is 0 Å². The molecule has 3 aliphatic heterocycles. The second kappa shape index (κ2) is 6.71. The van der Waals surface area contributed by atoms with E-state index in [1.807, 2.05) is 6.07 Å². The van der Waals surface area contributed by atoms with Gasteiger partial charge in [0.05, 0.1) is 5.41 Å². The third kappa shape index (κ3) is 2.07. The Morgan fingerprint density at radius 2 is 1.31 bits per heavy atom. The number of nitrogens with one attached hydrogen (secondary N) is 1. The Bertz CT molecular complexity index is 1460. The van der Waals surface area contributed by atoms with Gasteiger partial charge in [-0.25, -0.2) is 0 Å². The molecule has 1 aliphatic carbocycles. The van der Waals surface area contributed by atoms with E-state index in [4.69, 9.17) is 0 Å². The minimum atomic E-state index is -0.798. The molecule has 0 saturated carbocycles. The van der Waals surface area contributed by atoms with Gasteiger partial charge in [-0.2, -0.15) is 0 Å². The van der Waals surface area contributed by atoms with E-state index in [2.05, 4.69) is 107 Å². The van der Waals surface area contributed by atoms with Gasteiger partial charge < -0.3 is 5.32 Å². The Kier molecular flexibility index (Phi) is 3.76. The number of carbonyl (C=O) groups is 1. The van der Waals surface area contributed by atoms with Gasteiger partial charge in [-0.1, -0.05) is 97.1 Å². The van der Waals surface area contributed by atoms with Gasteiger partial charge in [0, 0.05) is 23.2 Å². The number of hydrogen-bond acceptors (Lipinski definition) is 2. The predicted octanol–water partition coefficient (Wildman–Crippen LogP) is 6.06. The van der Waals surface area contributed by atoms with E-state index >= 15 is 0 Å². The highest BCUT2D eigenvalue weighted by molar-refractivity contribution is 6.10. The van der Waals surface area contributed by atoms with E-state index in [-0.39, 0.29) is 17.9 Å². The predicted molar refractivity (Wildman–Crippen MR) is 138 cm³/mol. The van der Waals surface area contributed by atoms with Crippen molar-refractivity contribution in [1.29, 1.82) is 0 Å². The molecule has 3 heteroatoms. The topological polar surface area (TPSA) is 32.3 Å². The summed E-state index contributed by atoms with van der Waals surface area (Å²) >= 11 is 0. The molecule has 35 heavy (non-hydrogen) atoms. The van der Waals surface area contributed by atoms with Crippen molar-refractivity contribution in [2.45, 2.75) is 35.8 Å². The lowest BCUT2D eigenvalue weighted by Crippen LogP contribution is -2.58. The van der Waals surface area contributed by atoms with Crippen LogP contribution in [0.25, 0.3) is 11.1 Å². The Balaban J connectivity index is 1.60. The Morgan fingerprint density at radius 1 is 0.714 bits per heavy atom. The summed E-state index contributed by atoms with van der Waals surface area (Å²) in [5.74, 6) is 0.281. The minimum absolute atomic E-state index is 0.121. The van der Waals surface area contributed by atoms with Crippen molar-refractivity contribution >= 4 is 11.6 Å². The number of para-hydroxylation sites is 1. The van der Waals surface area contributed by atoms with Crippen LogP contribution in [0.5, 0.6) is 0 Å². The van der Waals surface area contributed by atoms with Gasteiger partial charge in [0.15, 0.2) is 0 Å². The third-order valence-electron chi connectivity index (χ3n) is 9.20. The van der Waals surface area contributed by atoms with Crippen molar-refractivity contribution in [3.8, 4) is 11.1 Å². The summed E-state index contributed by atoms with van der Waals surface area (Å²) in [7, 11) is 0. The van der Waals surface area contributed by atoms with E-state index in [0.717, 1.165) is 30.6 Å².